The topological polar surface area (TPSA) is 86.3 Å². The number of hydrogen-bond acceptors (Lipinski definition) is 4. The SMILES string of the molecule is O=C(CI)Nc1ccc(S(=O)(=O)[O-])cc1.[K+]. The van der Waals surface area contributed by atoms with Crippen LogP contribution in [-0.2, 0) is 14.9 Å². The Morgan fingerprint density at radius 3 is 2.19 bits per heavy atom. The maximum Gasteiger partial charge on any atom is 1.00 e. The summed E-state index contributed by atoms with van der Waals surface area (Å²) in [6.07, 6.45) is 0. The zero-order chi connectivity index (χ0) is 11.5. The van der Waals surface area contributed by atoms with Gasteiger partial charge in [-0.1, -0.05) is 22.6 Å². The number of amides is 1. The second kappa shape index (κ2) is 7.41. The monoisotopic (exact) mass is 379 g/mol. The number of rotatable bonds is 3. The molecule has 16 heavy (non-hydrogen) atoms. The summed E-state index contributed by atoms with van der Waals surface area (Å²) in [4.78, 5) is 10.7. The quantitative estimate of drug-likeness (QED) is 0.284. The van der Waals surface area contributed by atoms with Crippen molar-refractivity contribution < 1.29 is 69.1 Å². The number of halogens is 1. The molecule has 1 aromatic rings. The zero-order valence-corrected chi connectivity index (χ0v) is 14.5. The van der Waals surface area contributed by atoms with Gasteiger partial charge in [0.2, 0.25) is 5.91 Å². The Bertz CT molecular complexity index is 459. The van der Waals surface area contributed by atoms with Gasteiger partial charge in [-0.3, -0.25) is 4.79 Å². The molecule has 0 atom stereocenters. The molecule has 0 aliphatic carbocycles. The van der Waals surface area contributed by atoms with Crippen LogP contribution < -0.4 is 56.7 Å². The third-order valence-corrected chi connectivity index (χ3v) is 3.09. The second-order valence-electron chi connectivity index (χ2n) is 2.66. The van der Waals surface area contributed by atoms with Crippen molar-refractivity contribution in [2.45, 2.75) is 4.90 Å². The maximum absolute atomic E-state index is 11.0. The molecule has 0 aliphatic rings. The zero-order valence-electron chi connectivity index (χ0n) is 8.44. The van der Waals surface area contributed by atoms with Crippen LogP contribution in [-0.4, -0.2) is 23.3 Å². The van der Waals surface area contributed by atoms with Crippen LogP contribution in [0, 0.1) is 0 Å². The average Bonchev–Trinajstić information content (AvgIpc) is 2.17. The molecule has 0 fully saturated rings. The number of nitrogens with one attached hydrogen (secondary N) is 1. The van der Waals surface area contributed by atoms with Crippen molar-refractivity contribution in [2.75, 3.05) is 9.74 Å². The van der Waals surface area contributed by atoms with Crippen LogP contribution in [0.15, 0.2) is 29.2 Å². The Balaban J connectivity index is 0.00000225. The van der Waals surface area contributed by atoms with E-state index in [4.69, 9.17) is 0 Å². The number of alkyl halides is 1. The van der Waals surface area contributed by atoms with Crippen molar-refractivity contribution in [3.8, 4) is 0 Å². The van der Waals surface area contributed by atoms with Crippen molar-refractivity contribution in [3.05, 3.63) is 24.3 Å². The van der Waals surface area contributed by atoms with E-state index in [0.29, 0.717) is 10.1 Å². The molecule has 8 heteroatoms. The van der Waals surface area contributed by atoms with Crippen LogP contribution in [0.3, 0.4) is 0 Å². The smallest absolute Gasteiger partial charge is 0.744 e. The van der Waals surface area contributed by atoms with Crippen molar-refractivity contribution in [3.63, 3.8) is 0 Å². The van der Waals surface area contributed by atoms with Gasteiger partial charge in [0.1, 0.15) is 10.1 Å². The van der Waals surface area contributed by atoms with Gasteiger partial charge in [-0.15, -0.1) is 0 Å². The number of anilines is 1. The summed E-state index contributed by atoms with van der Waals surface area (Å²) in [7, 11) is -4.42. The maximum atomic E-state index is 11.0. The Hall–Kier alpha value is 0.966. The van der Waals surface area contributed by atoms with Gasteiger partial charge < -0.3 is 9.87 Å². The second-order valence-corrected chi connectivity index (χ2v) is 4.80. The van der Waals surface area contributed by atoms with Crippen LogP contribution >= 0.6 is 22.6 Å². The first-order valence-corrected chi connectivity index (χ1v) is 6.78. The molecule has 0 heterocycles. The molecule has 0 bridgehead atoms. The standard InChI is InChI=1S/C8H8INO4S.K/c9-5-8(11)10-6-1-3-7(4-2-6)15(12,13)14;/h1-4H,5H2,(H,10,11)(H,12,13,14);/q;+1/p-1. The van der Waals surface area contributed by atoms with Gasteiger partial charge in [0, 0.05) is 5.69 Å². The van der Waals surface area contributed by atoms with E-state index in [-0.39, 0.29) is 62.2 Å². The molecule has 0 unspecified atom stereocenters. The van der Waals surface area contributed by atoms with Crippen LogP contribution in [0.5, 0.6) is 0 Å². The summed E-state index contributed by atoms with van der Waals surface area (Å²) >= 11 is 1.90. The van der Waals surface area contributed by atoms with Gasteiger partial charge in [-0.05, 0) is 24.3 Å². The van der Waals surface area contributed by atoms with Crippen LogP contribution in [0.2, 0.25) is 0 Å². The van der Waals surface area contributed by atoms with Crippen molar-refractivity contribution in [1.82, 2.24) is 0 Å². The molecule has 1 amide bonds. The van der Waals surface area contributed by atoms with E-state index in [1.165, 1.54) is 12.1 Å². The Labute approximate surface area is 150 Å². The molecule has 1 aromatic carbocycles. The van der Waals surface area contributed by atoms with Crippen LogP contribution in [0.25, 0.3) is 0 Å². The minimum atomic E-state index is -4.42. The van der Waals surface area contributed by atoms with Crippen molar-refractivity contribution in [2.24, 2.45) is 0 Å². The van der Waals surface area contributed by atoms with Gasteiger partial charge in [-0.25, -0.2) is 8.42 Å². The molecule has 0 saturated carbocycles. The molecule has 0 aliphatic heterocycles. The van der Waals surface area contributed by atoms with E-state index in [1.54, 1.807) is 0 Å². The minimum absolute atomic E-state index is 0. The summed E-state index contributed by atoms with van der Waals surface area (Å²) < 4.78 is 32.0. The molecule has 0 radical (unpaired) electrons. The molecule has 0 saturated heterocycles. The van der Waals surface area contributed by atoms with Crippen LogP contribution in [0.4, 0.5) is 5.69 Å². The minimum Gasteiger partial charge on any atom is -0.744 e. The van der Waals surface area contributed by atoms with Crippen LogP contribution in [0.1, 0.15) is 0 Å². The van der Waals surface area contributed by atoms with E-state index in [0.717, 1.165) is 12.1 Å². The molecule has 5 nitrogen and oxygen atoms in total. The first-order valence-electron chi connectivity index (χ1n) is 3.85. The van der Waals surface area contributed by atoms with E-state index in [2.05, 4.69) is 5.32 Å². The molecular formula is C8H7IKNO4S. The average molecular weight is 379 g/mol. The normalized spacial score (nSPS) is 10.4. The van der Waals surface area contributed by atoms with E-state index >= 15 is 0 Å². The molecular weight excluding hydrogens is 372 g/mol. The Morgan fingerprint density at radius 1 is 1.31 bits per heavy atom. The predicted octanol–water partition coefficient (Wildman–Crippen LogP) is -2.03. The summed E-state index contributed by atoms with van der Waals surface area (Å²) in [5.74, 6) is -0.187. The first-order chi connectivity index (χ1) is 6.93. The van der Waals surface area contributed by atoms with Gasteiger partial charge in [0.05, 0.1) is 9.32 Å². The number of carbonyl (C=O) groups is 1. The first kappa shape index (κ1) is 17.0. The third-order valence-electron chi connectivity index (χ3n) is 1.55. The number of carbonyl (C=O) groups excluding carboxylic acids is 1. The van der Waals surface area contributed by atoms with Crippen molar-refractivity contribution in [1.29, 1.82) is 0 Å². The van der Waals surface area contributed by atoms with Gasteiger partial charge >= 0.3 is 51.4 Å². The van der Waals surface area contributed by atoms with Gasteiger partial charge in [-0.2, -0.15) is 0 Å². The molecule has 0 spiro atoms. The van der Waals surface area contributed by atoms with E-state index in [9.17, 15) is 17.8 Å². The summed E-state index contributed by atoms with van der Waals surface area (Å²) in [5.41, 5.74) is 0.462. The predicted molar refractivity (Wildman–Crippen MR) is 61.9 cm³/mol. The summed E-state index contributed by atoms with van der Waals surface area (Å²) in [5, 5.41) is 2.53. The summed E-state index contributed by atoms with van der Waals surface area (Å²) in [6, 6.07) is 5.06. The fourth-order valence-corrected chi connectivity index (χ4v) is 1.56. The van der Waals surface area contributed by atoms with Crippen molar-refractivity contribution >= 4 is 44.3 Å². The molecule has 1 rings (SSSR count). The van der Waals surface area contributed by atoms with E-state index < -0.39 is 10.1 Å². The number of hydrogen-bond donors (Lipinski definition) is 1. The summed E-state index contributed by atoms with van der Waals surface area (Å²) in [6.45, 7) is 0. The largest absolute Gasteiger partial charge is 1.00 e. The molecule has 82 valence electrons. The third kappa shape index (κ3) is 5.53. The Kier molecular flexibility index (Phi) is 7.86. The van der Waals surface area contributed by atoms with Gasteiger partial charge in [0.25, 0.3) is 0 Å². The Morgan fingerprint density at radius 2 is 1.81 bits per heavy atom. The van der Waals surface area contributed by atoms with E-state index in [1.807, 2.05) is 22.6 Å². The fourth-order valence-electron chi connectivity index (χ4n) is 0.899. The van der Waals surface area contributed by atoms with Gasteiger partial charge in [0.15, 0.2) is 0 Å². The number of benzene rings is 1. The molecule has 0 aromatic heterocycles. The fraction of sp³-hybridized carbons (Fsp3) is 0.125. The molecule has 1 N–H and O–H groups in total.